The molecule has 0 saturated heterocycles. The zero-order valence-electron chi connectivity index (χ0n) is 28.3. The van der Waals surface area contributed by atoms with Gasteiger partial charge in [-0.1, -0.05) is 124 Å². The Morgan fingerprint density at radius 1 is 0.543 bits per heavy atom. The lowest BCUT2D eigenvalue weighted by atomic mass is 9.81. The van der Waals surface area contributed by atoms with Crippen molar-refractivity contribution in [1.29, 1.82) is 0 Å². The SMILES string of the molecule is [2H]C([2H])(Cc1cccc2c1nc1n(-c3ccc4c(c3)-c3ccccc3-c3ccccc3-c3ccccc3-4)c3ccccc3n21)C(C)(C)C. The van der Waals surface area contributed by atoms with Crippen LogP contribution in [0.4, 0.5) is 0 Å². The zero-order chi connectivity index (χ0) is 32.8. The number of nitrogens with zero attached hydrogens (tertiary/aromatic N) is 3. The van der Waals surface area contributed by atoms with E-state index in [4.69, 9.17) is 7.73 Å². The number of hydrogen-bond acceptors (Lipinski definition) is 1. The van der Waals surface area contributed by atoms with Gasteiger partial charge in [0.15, 0.2) is 0 Å². The second-order valence-electron chi connectivity index (χ2n) is 13.3. The second kappa shape index (κ2) is 10.1. The van der Waals surface area contributed by atoms with E-state index in [-0.39, 0.29) is 0 Å². The lowest BCUT2D eigenvalue weighted by molar-refractivity contribution is 0.378. The molecule has 0 bridgehead atoms. The first-order valence-corrected chi connectivity index (χ1v) is 16.0. The van der Waals surface area contributed by atoms with Gasteiger partial charge in [-0.05, 0) is 98.6 Å². The van der Waals surface area contributed by atoms with Gasteiger partial charge in [0.1, 0.15) is 0 Å². The zero-order valence-corrected chi connectivity index (χ0v) is 26.3. The molecule has 1 aliphatic carbocycles. The minimum absolute atomic E-state index is 0.294. The Morgan fingerprint density at radius 3 is 1.63 bits per heavy atom. The first kappa shape index (κ1) is 24.9. The third-order valence-electron chi connectivity index (χ3n) is 9.33. The van der Waals surface area contributed by atoms with Crippen LogP contribution in [0.25, 0.3) is 78.0 Å². The first-order chi connectivity index (χ1) is 23.2. The van der Waals surface area contributed by atoms with E-state index in [9.17, 15) is 0 Å². The normalized spacial score (nSPS) is 13.4. The van der Waals surface area contributed by atoms with Crippen LogP contribution in [0.1, 0.15) is 35.4 Å². The van der Waals surface area contributed by atoms with Crippen LogP contribution in [0.2, 0.25) is 0 Å². The van der Waals surface area contributed by atoms with Crippen molar-refractivity contribution >= 4 is 27.8 Å². The van der Waals surface area contributed by atoms with Crippen LogP contribution < -0.4 is 0 Å². The summed E-state index contributed by atoms with van der Waals surface area (Å²) in [6.07, 6.45) is -1.10. The molecule has 1 aliphatic rings. The molecule has 3 nitrogen and oxygen atoms in total. The number of aromatic nitrogens is 3. The lowest BCUT2D eigenvalue weighted by Gasteiger charge is -2.23. The van der Waals surface area contributed by atoms with E-state index in [1.54, 1.807) is 0 Å². The summed E-state index contributed by atoms with van der Waals surface area (Å²) in [6, 6.07) is 47.6. The fourth-order valence-electron chi connectivity index (χ4n) is 7.23. The Bertz CT molecular complexity index is 2560. The van der Waals surface area contributed by atoms with E-state index in [1.807, 2.05) is 32.9 Å². The van der Waals surface area contributed by atoms with Crippen LogP contribution in [-0.2, 0) is 6.42 Å². The molecule has 8 aromatic rings. The van der Waals surface area contributed by atoms with Gasteiger partial charge in [0, 0.05) is 8.43 Å². The predicted molar refractivity (Wildman–Crippen MR) is 193 cm³/mol. The van der Waals surface area contributed by atoms with E-state index in [2.05, 4.69) is 130 Å². The van der Waals surface area contributed by atoms with E-state index >= 15 is 0 Å². The maximum atomic E-state index is 8.90. The van der Waals surface area contributed by atoms with E-state index in [0.29, 0.717) is 6.42 Å². The summed E-state index contributed by atoms with van der Waals surface area (Å²) in [5, 5.41) is 0. The largest absolute Gasteiger partial charge is 0.278 e. The van der Waals surface area contributed by atoms with E-state index in [0.717, 1.165) is 39.1 Å². The van der Waals surface area contributed by atoms with Crippen LogP contribution in [0.15, 0.2) is 133 Å². The van der Waals surface area contributed by atoms with Gasteiger partial charge in [0.25, 0.3) is 0 Å². The van der Waals surface area contributed by atoms with Gasteiger partial charge >= 0.3 is 0 Å². The standard InChI is InChI=1S/C43H35N3/c1-43(2,3)26-25-28-13-12-22-40-41(28)44-42-45(38-20-10-11-21-39(38)46(40)42)29-23-24-36-34-18-7-6-16-32(34)30-14-4-5-15-31(30)33-17-8-9-19-35(33)37(36)27-29/h4-24,27H,25-26H2,1-3H3/i26D2. The fraction of sp³-hybridized carbons (Fsp3) is 0.140. The van der Waals surface area contributed by atoms with Gasteiger partial charge in [-0.15, -0.1) is 0 Å². The second-order valence-corrected chi connectivity index (χ2v) is 13.3. The lowest BCUT2D eigenvalue weighted by Crippen LogP contribution is -2.06. The van der Waals surface area contributed by atoms with E-state index in [1.165, 1.54) is 44.5 Å². The molecule has 0 fully saturated rings. The maximum Gasteiger partial charge on any atom is 0.220 e. The summed E-state index contributed by atoms with van der Waals surface area (Å²) in [5.74, 6) is 0.819. The van der Waals surface area contributed by atoms with Crippen molar-refractivity contribution in [3.05, 3.63) is 139 Å². The molecule has 2 heterocycles. The van der Waals surface area contributed by atoms with Crippen molar-refractivity contribution in [3.8, 4) is 50.2 Å². The predicted octanol–water partition coefficient (Wildman–Crippen LogP) is 11.4. The van der Waals surface area contributed by atoms with Gasteiger partial charge in [-0.3, -0.25) is 8.97 Å². The summed E-state index contributed by atoms with van der Waals surface area (Å²) in [7, 11) is 0. The smallest absolute Gasteiger partial charge is 0.220 e. The summed E-state index contributed by atoms with van der Waals surface area (Å²) in [4.78, 5) is 5.31. The highest BCUT2D eigenvalue weighted by Gasteiger charge is 2.24. The van der Waals surface area contributed by atoms with Gasteiger partial charge in [0.2, 0.25) is 5.78 Å². The summed E-state index contributed by atoms with van der Waals surface area (Å²) in [5.41, 5.74) is 15.1. The third-order valence-corrected chi connectivity index (χ3v) is 9.33. The monoisotopic (exact) mass is 595 g/mol. The molecular formula is C43H35N3. The molecule has 46 heavy (non-hydrogen) atoms. The fourth-order valence-corrected chi connectivity index (χ4v) is 7.23. The molecule has 2 aromatic heterocycles. The Labute approximate surface area is 272 Å². The van der Waals surface area contributed by atoms with Crippen molar-refractivity contribution in [2.75, 3.05) is 0 Å². The Balaban J connectivity index is 1.33. The van der Waals surface area contributed by atoms with Gasteiger partial charge in [0.05, 0.1) is 22.1 Å². The van der Waals surface area contributed by atoms with Crippen LogP contribution in [0.5, 0.6) is 0 Å². The maximum absolute atomic E-state index is 8.90. The molecule has 0 radical (unpaired) electrons. The molecule has 3 heteroatoms. The Kier molecular flexibility index (Phi) is 5.43. The number of aryl methyl sites for hydroxylation is 1. The van der Waals surface area contributed by atoms with Crippen molar-refractivity contribution in [3.63, 3.8) is 0 Å². The molecule has 0 aliphatic heterocycles. The van der Waals surface area contributed by atoms with Crippen LogP contribution in [0, 0.1) is 5.41 Å². The number of hydrogen-bond donors (Lipinski definition) is 0. The molecule has 9 rings (SSSR count). The quantitative estimate of drug-likeness (QED) is 0.199. The van der Waals surface area contributed by atoms with Crippen LogP contribution in [-0.4, -0.2) is 14.0 Å². The molecule has 222 valence electrons. The van der Waals surface area contributed by atoms with Gasteiger partial charge in [-0.2, -0.15) is 0 Å². The van der Waals surface area contributed by atoms with E-state index < -0.39 is 11.8 Å². The summed E-state index contributed by atoms with van der Waals surface area (Å²) < 4.78 is 22.3. The number of imidazole rings is 2. The number of rotatable bonds is 3. The third kappa shape index (κ3) is 4.08. The number of fused-ring (bicyclic) bond motifs is 13. The van der Waals surface area contributed by atoms with Crippen molar-refractivity contribution in [2.24, 2.45) is 5.41 Å². The van der Waals surface area contributed by atoms with Gasteiger partial charge in [-0.25, -0.2) is 4.98 Å². The molecule has 0 unspecified atom stereocenters. The molecular weight excluding hydrogens is 558 g/mol. The Hall–Kier alpha value is -5.41. The summed E-state index contributed by atoms with van der Waals surface area (Å²) in [6.45, 7) is 5.90. The van der Waals surface area contributed by atoms with Crippen LogP contribution in [0.3, 0.4) is 0 Å². The Morgan fingerprint density at radius 2 is 1.04 bits per heavy atom. The molecule has 0 amide bonds. The molecule has 6 aromatic carbocycles. The average Bonchev–Trinajstić information content (AvgIpc) is 3.62. The molecule has 0 spiro atoms. The van der Waals surface area contributed by atoms with Crippen molar-refractivity contribution < 1.29 is 2.74 Å². The molecule has 0 N–H and O–H groups in total. The highest BCUT2D eigenvalue weighted by atomic mass is 15.2. The summed E-state index contributed by atoms with van der Waals surface area (Å²) >= 11 is 0. The minimum Gasteiger partial charge on any atom is -0.278 e. The topological polar surface area (TPSA) is 22.2 Å². The van der Waals surface area contributed by atoms with Gasteiger partial charge < -0.3 is 0 Å². The first-order valence-electron chi connectivity index (χ1n) is 17.0. The highest BCUT2D eigenvalue weighted by molar-refractivity contribution is 6.03. The average molecular weight is 596 g/mol. The highest BCUT2D eigenvalue weighted by Crippen LogP contribution is 2.48. The van der Waals surface area contributed by atoms with Crippen molar-refractivity contribution in [2.45, 2.75) is 33.6 Å². The molecule has 0 atom stereocenters. The number of benzene rings is 6. The molecule has 0 saturated carbocycles. The van der Waals surface area contributed by atoms with Crippen LogP contribution >= 0.6 is 0 Å². The minimum atomic E-state index is -1.40. The number of para-hydroxylation sites is 3. The van der Waals surface area contributed by atoms with Crippen molar-refractivity contribution in [1.82, 2.24) is 14.0 Å².